The van der Waals surface area contributed by atoms with E-state index in [0.717, 1.165) is 19.6 Å². The second-order valence-electron chi connectivity index (χ2n) is 10.0. The summed E-state index contributed by atoms with van der Waals surface area (Å²) in [4.78, 5) is 12.1. The third-order valence-electron chi connectivity index (χ3n) is 2.81. The van der Waals surface area contributed by atoms with Crippen molar-refractivity contribution < 1.29 is 16.8 Å². The molecule has 0 fully saturated rings. The largest absolute Gasteiger partial charge is 3.00 e. The van der Waals surface area contributed by atoms with Crippen LogP contribution in [0.3, 0.4) is 0 Å². The van der Waals surface area contributed by atoms with Gasteiger partial charge in [0.1, 0.15) is 0 Å². The van der Waals surface area contributed by atoms with E-state index in [4.69, 9.17) is 4.98 Å². The van der Waals surface area contributed by atoms with Gasteiger partial charge in [-0.1, -0.05) is 104 Å². The maximum absolute atomic E-state index is 4.97. The molecular formula is C18H45CoN3Si2+. The number of likely N-dealkylation sites (N-methyl/N-ethyl adjacent to an activating group) is 1. The monoisotopic (exact) mass is 418 g/mol. The van der Waals surface area contributed by atoms with Crippen LogP contribution in [0, 0.1) is 0 Å². The third-order valence-corrected chi connectivity index (χ3v) is 5.43. The van der Waals surface area contributed by atoms with Crippen molar-refractivity contribution in [3.05, 3.63) is 9.96 Å². The van der Waals surface area contributed by atoms with E-state index in [2.05, 4.69) is 97.6 Å². The summed E-state index contributed by atoms with van der Waals surface area (Å²) in [5.41, 5.74) is 0.293. The molecule has 6 heteroatoms. The fourth-order valence-electron chi connectivity index (χ4n) is 2.94. The third kappa shape index (κ3) is 22.8. The first-order chi connectivity index (χ1) is 9.91. The SMILES string of the molecule is CC(C)(C)[N-][Si](C)(C)C.CCN(CC)CC(C)(C)[N-][Si](C)(C)C.[Co+3]. The van der Waals surface area contributed by atoms with E-state index in [1.807, 2.05) is 0 Å². The molecule has 24 heavy (non-hydrogen) atoms. The quantitative estimate of drug-likeness (QED) is 0.446. The molecule has 0 aliphatic heterocycles. The van der Waals surface area contributed by atoms with Gasteiger partial charge >= 0.3 is 16.8 Å². The molecule has 0 aliphatic rings. The second-order valence-corrected chi connectivity index (χ2v) is 19.1. The predicted octanol–water partition coefficient (Wildman–Crippen LogP) is 6.31. The molecule has 0 aromatic rings. The summed E-state index contributed by atoms with van der Waals surface area (Å²) in [6, 6.07) is 0. The molecule has 0 aromatic carbocycles. The van der Waals surface area contributed by atoms with E-state index < -0.39 is 16.5 Å². The molecule has 0 N–H and O–H groups in total. The van der Waals surface area contributed by atoms with Crippen LogP contribution in [0.4, 0.5) is 0 Å². The van der Waals surface area contributed by atoms with Crippen molar-refractivity contribution in [2.24, 2.45) is 0 Å². The van der Waals surface area contributed by atoms with Gasteiger partial charge in [-0.3, -0.25) is 0 Å². The van der Waals surface area contributed by atoms with E-state index >= 15 is 0 Å². The van der Waals surface area contributed by atoms with Crippen molar-refractivity contribution in [3.8, 4) is 0 Å². The molecule has 148 valence electrons. The molecule has 0 amide bonds. The van der Waals surface area contributed by atoms with Crippen LogP contribution in [-0.2, 0) is 16.8 Å². The van der Waals surface area contributed by atoms with E-state index in [0.29, 0.717) is 0 Å². The molecule has 0 saturated heterocycles. The van der Waals surface area contributed by atoms with Gasteiger partial charge in [-0.05, 0) is 19.6 Å². The van der Waals surface area contributed by atoms with Gasteiger partial charge in [0, 0.05) is 0 Å². The van der Waals surface area contributed by atoms with Gasteiger partial charge in [0.25, 0.3) is 0 Å². The van der Waals surface area contributed by atoms with Crippen LogP contribution < -0.4 is 0 Å². The first kappa shape index (κ1) is 29.6. The Balaban J connectivity index is -0.000000385. The first-order valence-electron chi connectivity index (χ1n) is 9.11. The van der Waals surface area contributed by atoms with Gasteiger partial charge in [-0.2, -0.15) is 0 Å². The second kappa shape index (κ2) is 11.5. The minimum Gasteiger partial charge on any atom is -0.660 e. The van der Waals surface area contributed by atoms with E-state index in [1.54, 1.807) is 0 Å². The molecule has 0 aliphatic carbocycles. The smallest absolute Gasteiger partial charge is 0.660 e. The number of rotatable bonds is 7. The summed E-state index contributed by atoms with van der Waals surface area (Å²) in [7, 11) is -2.45. The molecule has 0 saturated carbocycles. The van der Waals surface area contributed by atoms with Gasteiger partial charge in [-0.25, -0.2) is 0 Å². The zero-order valence-electron chi connectivity index (χ0n) is 18.8. The van der Waals surface area contributed by atoms with Crippen LogP contribution in [0.2, 0.25) is 39.3 Å². The van der Waals surface area contributed by atoms with Crippen molar-refractivity contribution in [1.29, 1.82) is 0 Å². The van der Waals surface area contributed by atoms with Gasteiger partial charge in [0.15, 0.2) is 0 Å². The number of hydrogen-bond acceptors (Lipinski definition) is 1. The van der Waals surface area contributed by atoms with Gasteiger partial charge in [0.2, 0.25) is 0 Å². The van der Waals surface area contributed by atoms with Crippen molar-refractivity contribution in [1.82, 2.24) is 4.90 Å². The summed E-state index contributed by atoms with van der Waals surface area (Å²) < 4.78 is 0. The molecule has 0 bridgehead atoms. The molecule has 3 nitrogen and oxygen atoms in total. The summed E-state index contributed by atoms with van der Waals surface area (Å²) in [6.07, 6.45) is 0. The predicted molar refractivity (Wildman–Crippen MR) is 115 cm³/mol. The Morgan fingerprint density at radius 2 is 1.04 bits per heavy atom. The topological polar surface area (TPSA) is 31.4 Å². The normalized spacial score (nSPS) is 13.2. The summed E-state index contributed by atoms with van der Waals surface area (Å²) in [5.74, 6) is 0. The van der Waals surface area contributed by atoms with Crippen LogP contribution >= 0.6 is 0 Å². The standard InChI is InChI=1S/C11H27N2Si.C7H18NSi.Co/c1-8-13(9-2)10-11(3,4)12-14(5,6)7;1-7(2,3)8-9(4,5)6;/h8-10H2,1-7H3;1-6H3;/q2*-1;+3. The van der Waals surface area contributed by atoms with Crippen LogP contribution in [0.25, 0.3) is 9.96 Å². The summed E-state index contributed by atoms with van der Waals surface area (Å²) in [5, 5.41) is 0. The Morgan fingerprint density at radius 1 is 0.708 bits per heavy atom. The zero-order valence-corrected chi connectivity index (χ0v) is 21.8. The minimum absolute atomic E-state index is 0. The summed E-state index contributed by atoms with van der Waals surface area (Å²) >= 11 is 0. The van der Waals surface area contributed by atoms with Crippen LogP contribution in [0.15, 0.2) is 0 Å². The van der Waals surface area contributed by atoms with Crippen molar-refractivity contribution in [3.63, 3.8) is 0 Å². The molecule has 0 radical (unpaired) electrons. The zero-order chi connectivity index (χ0) is 19.1. The maximum atomic E-state index is 4.97. The van der Waals surface area contributed by atoms with Crippen LogP contribution in [-0.4, -0.2) is 52.1 Å². The Morgan fingerprint density at radius 3 is 1.21 bits per heavy atom. The molecule has 0 aromatic heterocycles. The Hall–Kier alpha value is 0.820. The average molecular weight is 419 g/mol. The minimum atomic E-state index is -1.29. The van der Waals surface area contributed by atoms with E-state index in [-0.39, 0.29) is 27.9 Å². The molecule has 0 rings (SSSR count). The molecule has 0 heterocycles. The Bertz CT molecular complexity index is 300. The van der Waals surface area contributed by atoms with Gasteiger partial charge < -0.3 is 14.9 Å². The molecule has 0 unspecified atom stereocenters. The molecule has 0 atom stereocenters. The van der Waals surface area contributed by atoms with Crippen molar-refractivity contribution in [2.45, 2.75) is 98.8 Å². The average Bonchev–Trinajstić information content (AvgIpc) is 2.17. The first-order valence-corrected chi connectivity index (χ1v) is 16.0. The van der Waals surface area contributed by atoms with Crippen molar-refractivity contribution in [2.75, 3.05) is 19.6 Å². The molecule has 0 spiro atoms. The van der Waals surface area contributed by atoms with Crippen LogP contribution in [0.5, 0.6) is 0 Å². The fourth-order valence-corrected chi connectivity index (χ4v) is 6.84. The molecular weight excluding hydrogens is 373 g/mol. The summed E-state index contributed by atoms with van der Waals surface area (Å²) in [6.45, 7) is 32.4. The Kier molecular flexibility index (Phi) is 14.2. The maximum Gasteiger partial charge on any atom is 3.00 e. The fraction of sp³-hybridized carbons (Fsp3) is 1.00. The van der Waals surface area contributed by atoms with Crippen molar-refractivity contribution >= 4 is 16.5 Å². The van der Waals surface area contributed by atoms with E-state index in [9.17, 15) is 0 Å². The van der Waals surface area contributed by atoms with Gasteiger partial charge in [-0.15, -0.1) is 11.1 Å². The van der Waals surface area contributed by atoms with Crippen LogP contribution in [0.1, 0.15) is 48.5 Å². The number of nitrogens with zero attached hydrogens (tertiary/aromatic N) is 3. The number of hydrogen-bond donors (Lipinski definition) is 0. The van der Waals surface area contributed by atoms with E-state index in [1.165, 1.54) is 0 Å². The Labute approximate surface area is 166 Å². The van der Waals surface area contributed by atoms with Gasteiger partial charge in [0.05, 0.1) is 0 Å².